The minimum atomic E-state index is -0.484. The maximum absolute atomic E-state index is 11.8. The molecular weight excluding hydrogens is 260 g/mol. The standard InChI is InChI=1S/C13H22N4O3/c1-9-15-16-11(19-9)17-7-5-6-10(8-17)14-12(18)20-13(2,3)4/h10H,5-8H2,1-4H3,(H,14,18)/t10-/m1/s1. The first-order chi connectivity index (χ1) is 9.33. The fraction of sp³-hybridized carbons (Fsp3) is 0.769. The van der Waals surface area contributed by atoms with Crippen LogP contribution in [0.3, 0.4) is 0 Å². The van der Waals surface area contributed by atoms with Crippen LogP contribution < -0.4 is 10.2 Å². The Bertz CT molecular complexity index is 466. The molecule has 1 aromatic heterocycles. The molecule has 112 valence electrons. The van der Waals surface area contributed by atoms with Crippen LogP contribution in [0.5, 0.6) is 0 Å². The lowest BCUT2D eigenvalue weighted by atomic mass is 10.1. The first kappa shape index (κ1) is 14.6. The van der Waals surface area contributed by atoms with Gasteiger partial charge in [0.1, 0.15) is 5.60 Å². The van der Waals surface area contributed by atoms with E-state index in [1.165, 1.54) is 0 Å². The molecule has 2 heterocycles. The number of hydrogen-bond donors (Lipinski definition) is 1. The predicted molar refractivity (Wildman–Crippen MR) is 73.6 cm³/mol. The average Bonchev–Trinajstić information content (AvgIpc) is 2.73. The number of anilines is 1. The summed E-state index contributed by atoms with van der Waals surface area (Å²) in [4.78, 5) is 13.8. The third-order valence-corrected chi connectivity index (χ3v) is 2.93. The minimum Gasteiger partial charge on any atom is -0.444 e. The van der Waals surface area contributed by atoms with Gasteiger partial charge in [-0.1, -0.05) is 5.10 Å². The molecule has 1 amide bonds. The number of piperidine rings is 1. The number of nitrogens with one attached hydrogen (secondary N) is 1. The van der Waals surface area contributed by atoms with Crippen molar-refractivity contribution >= 4 is 12.1 Å². The number of amides is 1. The summed E-state index contributed by atoms with van der Waals surface area (Å²) >= 11 is 0. The van der Waals surface area contributed by atoms with Crippen molar-refractivity contribution in [3.63, 3.8) is 0 Å². The van der Waals surface area contributed by atoms with Crippen LogP contribution in [-0.4, -0.2) is 41.0 Å². The Morgan fingerprint density at radius 2 is 2.20 bits per heavy atom. The fourth-order valence-electron chi connectivity index (χ4n) is 2.16. The van der Waals surface area contributed by atoms with Crippen molar-refractivity contribution in [2.45, 2.75) is 52.2 Å². The van der Waals surface area contributed by atoms with Crippen LogP contribution in [0.1, 0.15) is 39.5 Å². The second-order valence-electron chi connectivity index (χ2n) is 6.04. The summed E-state index contributed by atoms with van der Waals surface area (Å²) in [5.74, 6) is 0.544. The minimum absolute atomic E-state index is 0.0332. The Morgan fingerprint density at radius 3 is 2.80 bits per heavy atom. The molecule has 0 unspecified atom stereocenters. The van der Waals surface area contributed by atoms with Crippen LogP contribution in [0.4, 0.5) is 10.8 Å². The third kappa shape index (κ3) is 4.11. The van der Waals surface area contributed by atoms with E-state index in [9.17, 15) is 4.79 Å². The van der Waals surface area contributed by atoms with E-state index in [1.54, 1.807) is 6.92 Å². The average molecular weight is 282 g/mol. The Labute approximate surface area is 118 Å². The topological polar surface area (TPSA) is 80.5 Å². The zero-order valence-corrected chi connectivity index (χ0v) is 12.5. The SMILES string of the molecule is Cc1nnc(N2CCC[C@@H](NC(=O)OC(C)(C)C)C2)o1. The first-order valence-electron chi connectivity index (χ1n) is 6.88. The van der Waals surface area contributed by atoms with Gasteiger partial charge in [0.15, 0.2) is 0 Å². The van der Waals surface area contributed by atoms with Gasteiger partial charge in [-0.15, -0.1) is 5.10 Å². The Balaban J connectivity index is 1.89. The summed E-state index contributed by atoms with van der Waals surface area (Å²) in [6.07, 6.45) is 1.50. The number of ether oxygens (including phenoxy) is 1. The van der Waals surface area contributed by atoms with Crippen molar-refractivity contribution in [1.29, 1.82) is 0 Å². The van der Waals surface area contributed by atoms with Crippen molar-refractivity contribution in [2.75, 3.05) is 18.0 Å². The summed E-state index contributed by atoms with van der Waals surface area (Å²) < 4.78 is 10.7. The highest BCUT2D eigenvalue weighted by molar-refractivity contribution is 5.68. The largest absolute Gasteiger partial charge is 0.444 e. The smallest absolute Gasteiger partial charge is 0.407 e. The van der Waals surface area contributed by atoms with Gasteiger partial charge in [0.2, 0.25) is 5.89 Å². The van der Waals surface area contributed by atoms with E-state index >= 15 is 0 Å². The maximum Gasteiger partial charge on any atom is 0.407 e. The van der Waals surface area contributed by atoms with Gasteiger partial charge < -0.3 is 19.4 Å². The van der Waals surface area contributed by atoms with Gasteiger partial charge in [0.05, 0.1) is 0 Å². The molecule has 7 nitrogen and oxygen atoms in total. The van der Waals surface area contributed by atoms with Crippen LogP contribution in [0.2, 0.25) is 0 Å². The van der Waals surface area contributed by atoms with Crippen LogP contribution in [0, 0.1) is 6.92 Å². The molecule has 1 fully saturated rings. The summed E-state index contributed by atoms with van der Waals surface area (Å²) in [7, 11) is 0. The highest BCUT2D eigenvalue weighted by Gasteiger charge is 2.26. The molecule has 0 aliphatic carbocycles. The highest BCUT2D eigenvalue weighted by Crippen LogP contribution is 2.18. The third-order valence-electron chi connectivity index (χ3n) is 2.93. The van der Waals surface area contributed by atoms with E-state index in [1.807, 2.05) is 25.7 Å². The number of aromatic nitrogens is 2. The summed E-state index contributed by atoms with van der Waals surface area (Å²) in [6, 6.07) is 0.545. The highest BCUT2D eigenvalue weighted by atomic mass is 16.6. The van der Waals surface area contributed by atoms with E-state index in [-0.39, 0.29) is 12.1 Å². The number of nitrogens with zero attached hydrogens (tertiary/aromatic N) is 3. The quantitative estimate of drug-likeness (QED) is 0.892. The molecule has 1 aromatic rings. The molecule has 1 atom stereocenters. The predicted octanol–water partition coefficient (Wildman–Crippen LogP) is 1.87. The van der Waals surface area contributed by atoms with Gasteiger partial charge in [0, 0.05) is 26.1 Å². The molecule has 1 N–H and O–H groups in total. The molecule has 1 saturated heterocycles. The Hall–Kier alpha value is -1.79. The van der Waals surface area contributed by atoms with Crippen molar-refractivity contribution < 1.29 is 13.9 Å². The molecule has 20 heavy (non-hydrogen) atoms. The normalized spacial score (nSPS) is 19.8. The molecule has 1 aliphatic rings. The van der Waals surface area contributed by atoms with E-state index < -0.39 is 5.60 Å². The van der Waals surface area contributed by atoms with Crippen LogP contribution in [-0.2, 0) is 4.74 Å². The number of carbonyl (C=O) groups is 1. The molecule has 7 heteroatoms. The lowest BCUT2D eigenvalue weighted by Gasteiger charge is -2.32. The lowest BCUT2D eigenvalue weighted by molar-refractivity contribution is 0.0499. The summed E-state index contributed by atoms with van der Waals surface area (Å²) in [5, 5.41) is 10.7. The molecular formula is C13H22N4O3. The molecule has 0 spiro atoms. The summed E-state index contributed by atoms with van der Waals surface area (Å²) in [6.45, 7) is 8.81. The molecule has 0 bridgehead atoms. The van der Waals surface area contributed by atoms with E-state index in [2.05, 4.69) is 15.5 Å². The van der Waals surface area contributed by atoms with Crippen LogP contribution >= 0.6 is 0 Å². The molecule has 2 rings (SSSR count). The first-order valence-corrected chi connectivity index (χ1v) is 6.88. The molecule has 1 aliphatic heterocycles. The summed E-state index contributed by atoms with van der Waals surface area (Å²) in [5.41, 5.74) is -0.484. The van der Waals surface area contributed by atoms with Gasteiger partial charge in [-0.2, -0.15) is 0 Å². The zero-order chi connectivity index (χ0) is 14.8. The number of alkyl carbamates (subject to hydrolysis) is 1. The van der Waals surface area contributed by atoms with E-state index in [0.717, 1.165) is 19.4 Å². The van der Waals surface area contributed by atoms with Crippen molar-refractivity contribution in [3.05, 3.63) is 5.89 Å². The van der Waals surface area contributed by atoms with E-state index in [4.69, 9.17) is 9.15 Å². The molecule has 0 radical (unpaired) electrons. The van der Waals surface area contributed by atoms with Crippen molar-refractivity contribution in [1.82, 2.24) is 15.5 Å². The fourth-order valence-corrected chi connectivity index (χ4v) is 2.16. The lowest BCUT2D eigenvalue weighted by Crippen LogP contribution is -2.49. The Morgan fingerprint density at radius 1 is 1.45 bits per heavy atom. The monoisotopic (exact) mass is 282 g/mol. The number of aryl methyl sites for hydroxylation is 1. The molecule has 0 aromatic carbocycles. The zero-order valence-electron chi connectivity index (χ0n) is 12.5. The molecule has 0 saturated carbocycles. The van der Waals surface area contributed by atoms with Gasteiger partial charge in [-0.05, 0) is 33.6 Å². The second kappa shape index (κ2) is 5.68. The van der Waals surface area contributed by atoms with E-state index in [0.29, 0.717) is 18.5 Å². The Kier molecular flexibility index (Phi) is 4.15. The maximum atomic E-state index is 11.8. The van der Waals surface area contributed by atoms with Gasteiger partial charge in [0.25, 0.3) is 0 Å². The second-order valence-corrected chi connectivity index (χ2v) is 6.04. The van der Waals surface area contributed by atoms with Gasteiger partial charge in [-0.3, -0.25) is 0 Å². The van der Waals surface area contributed by atoms with Gasteiger partial charge in [-0.25, -0.2) is 4.79 Å². The van der Waals surface area contributed by atoms with Crippen LogP contribution in [0.25, 0.3) is 0 Å². The number of hydrogen-bond acceptors (Lipinski definition) is 6. The number of carbonyl (C=O) groups excluding carboxylic acids is 1. The van der Waals surface area contributed by atoms with Crippen molar-refractivity contribution in [3.8, 4) is 0 Å². The van der Waals surface area contributed by atoms with Crippen LogP contribution in [0.15, 0.2) is 4.42 Å². The number of rotatable bonds is 2. The van der Waals surface area contributed by atoms with Crippen molar-refractivity contribution in [2.24, 2.45) is 0 Å². The van der Waals surface area contributed by atoms with Gasteiger partial charge >= 0.3 is 12.1 Å².